The highest BCUT2D eigenvalue weighted by Gasteiger charge is 2.25. The Morgan fingerprint density at radius 2 is 2.27 bits per heavy atom. The molecule has 0 radical (unpaired) electrons. The standard InChI is InChI=1S/C9H16O2/c1-3-9(10)11-8-6-4-5-7(8)2/h7-8H,3-6H2,1-2H3. The molecule has 64 valence electrons. The number of ether oxygens (including phenoxy) is 1. The zero-order chi connectivity index (χ0) is 8.27. The Balaban J connectivity index is 2.30. The van der Waals surface area contributed by atoms with E-state index in [1.807, 2.05) is 6.92 Å². The van der Waals surface area contributed by atoms with E-state index >= 15 is 0 Å². The first kappa shape index (κ1) is 8.57. The minimum atomic E-state index is -0.0521. The largest absolute Gasteiger partial charge is 0.462 e. The quantitative estimate of drug-likeness (QED) is 0.572. The fraction of sp³-hybridized carbons (Fsp3) is 0.889. The van der Waals surface area contributed by atoms with Crippen LogP contribution in [-0.2, 0) is 9.53 Å². The van der Waals surface area contributed by atoms with Crippen LogP contribution in [0.5, 0.6) is 0 Å². The van der Waals surface area contributed by atoms with Crippen LogP contribution in [0.2, 0.25) is 0 Å². The van der Waals surface area contributed by atoms with E-state index in [2.05, 4.69) is 6.92 Å². The fourth-order valence-corrected chi connectivity index (χ4v) is 1.54. The predicted octanol–water partition coefficient (Wildman–Crippen LogP) is 2.13. The SMILES string of the molecule is CCC(=O)OC1CCCC1C. The summed E-state index contributed by atoms with van der Waals surface area (Å²) in [6.07, 6.45) is 4.20. The van der Waals surface area contributed by atoms with Crippen molar-refractivity contribution in [2.75, 3.05) is 0 Å². The van der Waals surface area contributed by atoms with E-state index in [1.165, 1.54) is 12.8 Å². The van der Waals surface area contributed by atoms with Gasteiger partial charge in [0.1, 0.15) is 6.10 Å². The highest BCUT2D eigenvalue weighted by Crippen LogP contribution is 2.27. The molecule has 0 saturated heterocycles. The number of carbonyl (C=O) groups is 1. The molecule has 11 heavy (non-hydrogen) atoms. The molecular formula is C9H16O2. The molecule has 0 amide bonds. The number of carbonyl (C=O) groups excluding carboxylic acids is 1. The van der Waals surface area contributed by atoms with E-state index in [0.29, 0.717) is 12.3 Å². The number of hydrogen-bond acceptors (Lipinski definition) is 2. The topological polar surface area (TPSA) is 26.3 Å². The Morgan fingerprint density at radius 1 is 1.55 bits per heavy atom. The van der Waals surface area contributed by atoms with Crippen LogP contribution in [0.4, 0.5) is 0 Å². The lowest BCUT2D eigenvalue weighted by Gasteiger charge is -2.15. The summed E-state index contributed by atoms with van der Waals surface area (Å²) >= 11 is 0. The molecule has 0 aliphatic heterocycles. The molecule has 2 atom stereocenters. The molecule has 0 heterocycles. The van der Waals surface area contributed by atoms with E-state index in [-0.39, 0.29) is 12.1 Å². The first-order valence-corrected chi connectivity index (χ1v) is 4.43. The maximum absolute atomic E-state index is 10.9. The van der Waals surface area contributed by atoms with E-state index in [0.717, 1.165) is 6.42 Å². The maximum Gasteiger partial charge on any atom is 0.305 e. The van der Waals surface area contributed by atoms with Gasteiger partial charge in [0.25, 0.3) is 0 Å². The van der Waals surface area contributed by atoms with E-state index in [4.69, 9.17) is 4.74 Å². The third kappa shape index (κ3) is 2.21. The Hall–Kier alpha value is -0.530. The van der Waals surface area contributed by atoms with Gasteiger partial charge in [-0.2, -0.15) is 0 Å². The van der Waals surface area contributed by atoms with Crippen molar-refractivity contribution in [2.24, 2.45) is 5.92 Å². The van der Waals surface area contributed by atoms with Crippen molar-refractivity contribution < 1.29 is 9.53 Å². The predicted molar refractivity (Wildman–Crippen MR) is 43.2 cm³/mol. The van der Waals surface area contributed by atoms with Crippen molar-refractivity contribution >= 4 is 5.97 Å². The molecule has 1 rings (SSSR count). The molecule has 1 fully saturated rings. The van der Waals surface area contributed by atoms with Crippen LogP contribution >= 0.6 is 0 Å². The highest BCUT2D eigenvalue weighted by molar-refractivity contribution is 5.69. The van der Waals surface area contributed by atoms with Crippen LogP contribution in [0.1, 0.15) is 39.5 Å². The summed E-state index contributed by atoms with van der Waals surface area (Å²) in [7, 11) is 0. The van der Waals surface area contributed by atoms with Gasteiger partial charge in [0, 0.05) is 6.42 Å². The summed E-state index contributed by atoms with van der Waals surface area (Å²) in [6.45, 7) is 3.99. The Labute approximate surface area is 67.9 Å². The normalized spacial score (nSPS) is 30.4. The van der Waals surface area contributed by atoms with Crippen molar-refractivity contribution in [2.45, 2.75) is 45.6 Å². The van der Waals surface area contributed by atoms with Crippen LogP contribution in [0, 0.1) is 5.92 Å². The van der Waals surface area contributed by atoms with Crippen LogP contribution in [-0.4, -0.2) is 12.1 Å². The van der Waals surface area contributed by atoms with E-state index in [1.54, 1.807) is 0 Å². The van der Waals surface area contributed by atoms with Gasteiger partial charge >= 0.3 is 5.97 Å². The Morgan fingerprint density at radius 3 is 2.73 bits per heavy atom. The molecule has 1 aliphatic rings. The molecule has 0 aromatic heterocycles. The first-order chi connectivity index (χ1) is 5.24. The van der Waals surface area contributed by atoms with Gasteiger partial charge in [-0.05, 0) is 25.2 Å². The highest BCUT2D eigenvalue weighted by atomic mass is 16.5. The molecule has 0 N–H and O–H groups in total. The molecule has 0 aromatic carbocycles. The molecular weight excluding hydrogens is 140 g/mol. The van der Waals surface area contributed by atoms with Gasteiger partial charge in [0.15, 0.2) is 0 Å². The van der Waals surface area contributed by atoms with Crippen LogP contribution in [0.3, 0.4) is 0 Å². The second-order valence-corrected chi connectivity index (χ2v) is 3.29. The smallest absolute Gasteiger partial charge is 0.305 e. The van der Waals surface area contributed by atoms with Crippen molar-refractivity contribution in [1.82, 2.24) is 0 Å². The summed E-state index contributed by atoms with van der Waals surface area (Å²) in [5.41, 5.74) is 0. The van der Waals surface area contributed by atoms with E-state index in [9.17, 15) is 4.79 Å². The molecule has 2 nitrogen and oxygen atoms in total. The van der Waals surface area contributed by atoms with E-state index < -0.39 is 0 Å². The molecule has 2 heteroatoms. The summed E-state index contributed by atoms with van der Waals surface area (Å²) in [5.74, 6) is 0.522. The lowest BCUT2D eigenvalue weighted by molar-refractivity contribution is -0.150. The minimum absolute atomic E-state index is 0.0521. The van der Waals surface area contributed by atoms with Gasteiger partial charge in [-0.25, -0.2) is 0 Å². The Bertz CT molecular complexity index is 142. The second kappa shape index (κ2) is 3.74. The fourth-order valence-electron chi connectivity index (χ4n) is 1.54. The second-order valence-electron chi connectivity index (χ2n) is 3.29. The average Bonchev–Trinajstić information content (AvgIpc) is 2.37. The first-order valence-electron chi connectivity index (χ1n) is 4.43. The summed E-state index contributed by atoms with van der Waals surface area (Å²) in [6, 6.07) is 0. The van der Waals surface area contributed by atoms with Crippen LogP contribution < -0.4 is 0 Å². The van der Waals surface area contributed by atoms with Crippen molar-refractivity contribution in [1.29, 1.82) is 0 Å². The number of esters is 1. The Kier molecular flexibility index (Phi) is 2.92. The number of rotatable bonds is 2. The number of hydrogen-bond donors (Lipinski definition) is 0. The van der Waals surface area contributed by atoms with Crippen LogP contribution in [0.25, 0.3) is 0 Å². The molecule has 0 aromatic rings. The zero-order valence-electron chi connectivity index (χ0n) is 7.30. The third-order valence-electron chi connectivity index (χ3n) is 2.35. The van der Waals surface area contributed by atoms with Gasteiger partial charge in [-0.1, -0.05) is 13.8 Å². The molecule has 2 unspecified atom stereocenters. The summed E-state index contributed by atoms with van der Waals surface area (Å²) < 4.78 is 5.23. The summed E-state index contributed by atoms with van der Waals surface area (Å²) in [4.78, 5) is 10.9. The van der Waals surface area contributed by atoms with Gasteiger partial charge in [0.2, 0.25) is 0 Å². The average molecular weight is 156 g/mol. The van der Waals surface area contributed by atoms with Crippen LogP contribution in [0.15, 0.2) is 0 Å². The molecule has 0 spiro atoms. The monoisotopic (exact) mass is 156 g/mol. The van der Waals surface area contributed by atoms with Gasteiger partial charge in [-0.15, -0.1) is 0 Å². The zero-order valence-corrected chi connectivity index (χ0v) is 7.30. The van der Waals surface area contributed by atoms with Gasteiger partial charge in [-0.3, -0.25) is 4.79 Å². The van der Waals surface area contributed by atoms with Crippen molar-refractivity contribution in [3.63, 3.8) is 0 Å². The third-order valence-corrected chi connectivity index (χ3v) is 2.35. The summed E-state index contributed by atoms with van der Waals surface area (Å²) in [5, 5.41) is 0. The lowest BCUT2D eigenvalue weighted by Crippen LogP contribution is -2.19. The molecule has 1 saturated carbocycles. The van der Waals surface area contributed by atoms with Crippen molar-refractivity contribution in [3.8, 4) is 0 Å². The van der Waals surface area contributed by atoms with Gasteiger partial charge in [0.05, 0.1) is 0 Å². The maximum atomic E-state index is 10.9. The van der Waals surface area contributed by atoms with Gasteiger partial charge < -0.3 is 4.74 Å². The minimum Gasteiger partial charge on any atom is -0.462 e. The molecule has 0 bridgehead atoms. The lowest BCUT2D eigenvalue weighted by atomic mass is 10.1. The van der Waals surface area contributed by atoms with Crippen molar-refractivity contribution in [3.05, 3.63) is 0 Å². The molecule has 1 aliphatic carbocycles.